The summed E-state index contributed by atoms with van der Waals surface area (Å²) in [7, 11) is 3.75. The summed E-state index contributed by atoms with van der Waals surface area (Å²) < 4.78 is 6.11. The number of nitrogens with zero attached hydrogens (tertiary/aromatic N) is 3. The zero-order valence-corrected chi connectivity index (χ0v) is 16.1. The second-order valence-corrected chi connectivity index (χ2v) is 7.71. The Kier molecular flexibility index (Phi) is 5.34. The van der Waals surface area contributed by atoms with Crippen molar-refractivity contribution in [3.05, 3.63) is 35.9 Å². The monoisotopic (exact) mass is 359 g/mol. The molecule has 0 aromatic heterocycles. The molecular weight excluding hydrogens is 330 g/mol. The molecule has 1 spiro atoms. The molecule has 0 saturated carbocycles. The summed E-state index contributed by atoms with van der Waals surface area (Å²) in [6.45, 7) is 6.33. The van der Waals surface area contributed by atoms with Crippen molar-refractivity contribution in [3.63, 3.8) is 0 Å². The lowest BCUT2D eigenvalue weighted by molar-refractivity contribution is -0.167. The largest absolute Gasteiger partial charge is 0.361 e. The minimum absolute atomic E-state index is 0.0268. The lowest BCUT2D eigenvalue weighted by Gasteiger charge is -2.42. The van der Waals surface area contributed by atoms with E-state index in [1.165, 1.54) is 0 Å². The lowest BCUT2D eigenvalue weighted by atomic mass is 9.83. The lowest BCUT2D eigenvalue weighted by Crippen LogP contribution is -2.60. The highest BCUT2D eigenvalue weighted by atomic mass is 16.5. The fourth-order valence-electron chi connectivity index (χ4n) is 3.83. The van der Waals surface area contributed by atoms with Gasteiger partial charge in [0, 0.05) is 32.1 Å². The molecule has 2 heterocycles. The van der Waals surface area contributed by atoms with Crippen molar-refractivity contribution in [1.29, 1.82) is 0 Å². The molecule has 2 amide bonds. The van der Waals surface area contributed by atoms with E-state index in [0.717, 1.165) is 5.56 Å². The van der Waals surface area contributed by atoms with E-state index in [1.54, 1.807) is 9.80 Å². The normalized spacial score (nSPS) is 26.4. The van der Waals surface area contributed by atoms with E-state index in [2.05, 4.69) is 13.8 Å². The van der Waals surface area contributed by atoms with Crippen molar-refractivity contribution in [3.8, 4) is 0 Å². The molecule has 2 unspecified atom stereocenters. The highest BCUT2D eigenvalue weighted by molar-refractivity contribution is 5.90. The summed E-state index contributed by atoms with van der Waals surface area (Å²) in [6, 6.07) is 10.3. The van der Waals surface area contributed by atoms with Crippen LogP contribution in [0.15, 0.2) is 30.3 Å². The minimum Gasteiger partial charge on any atom is -0.361 e. The fraction of sp³-hybridized carbons (Fsp3) is 0.600. The van der Waals surface area contributed by atoms with Crippen LogP contribution in [0.1, 0.15) is 25.3 Å². The van der Waals surface area contributed by atoms with Crippen LogP contribution in [0.3, 0.4) is 0 Å². The molecule has 2 aliphatic rings. The molecule has 142 valence electrons. The predicted octanol–water partition coefficient (Wildman–Crippen LogP) is 1.18. The average Bonchev–Trinajstić information content (AvgIpc) is 2.87. The zero-order valence-electron chi connectivity index (χ0n) is 16.1. The highest BCUT2D eigenvalue weighted by Gasteiger charge is 2.57. The summed E-state index contributed by atoms with van der Waals surface area (Å²) in [5.41, 5.74) is 0.110. The summed E-state index contributed by atoms with van der Waals surface area (Å²) in [5.74, 6) is -0.0428. The first kappa shape index (κ1) is 18.9. The Hall–Kier alpha value is -1.92. The Labute approximate surface area is 155 Å². The molecule has 2 aliphatic heterocycles. The Bertz CT molecular complexity index is 664. The Morgan fingerprint density at radius 3 is 2.69 bits per heavy atom. The van der Waals surface area contributed by atoms with Gasteiger partial charge in [0.15, 0.2) is 5.60 Å². The second kappa shape index (κ2) is 7.37. The van der Waals surface area contributed by atoms with Crippen LogP contribution in [-0.2, 0) is 14.3 Å². The number of carbonyl (C=O) groups excluding carboxylic acids is 2. The van der Waals surface area contributed by atoms with Crippen LogP contribution in [0.4, 0.5) is 0 Å². The smallest absolute Gasteiger partial charge is 0.257 e. The molecule has 1 aromatic rings. The van der Waals surface area contributed by atoms with Crippen molar-refractivity contribution in [2.45, 2.75) is 31.4 Å². The van der Waals surface area contributed by atoms with Crippen LogP contribution in [0.25, 0.3) is 0 Å². The first-order chi connectivity index (χ1) is 12.3. The predicted molar refractivity (Wildman–Crippen MR) is 99.8 cm³/mol. The molecule has 2 fully saturated rings. The zero-order chi connectivity index (χ0) is 18.9. The van der Waals surface area contributed by atoms with Crippen LogP contribution < -0.4 is 0 Å². The molecule has 6 heteroatoms. The van der Waals surface area contributed by atoms with Gasteiger partial charge in [-0.25, -0.2) is 0 Å². The minimum atomic E-state index is -0.972. The molecule has 0 radical (unpaired) electrons. The maximum atomic E-state index is 13.0. The summed E-state index contributed by atoms with van der Waals surface area (Å²) in [4.78, 5) is 31.3. The van der Waals surface area contributed by atoms with Gasteiger partial charge in [-0.3, -0.25) is 14.5 Å². The van der Waals surface area contributed by atoms with E-state index in [4.69, 9.17) is 4.74 Å². The number of likely N-dealkylation sites (N-methyl/N-ethyl adjacent to an activating group) is 2. The Morgan fingerprint density at radius 1 is 1.35 bits per heavy atom. The number of likely N-dealkylation sites (tertiary alicyclic amines) is 1. The molecule has 0 bridgehead atoms. The van der Waals surface area contributed by atoms with Crippen LogP contribution in [0.5, 0.6) is 0 Å². The maximum Gasteiger partial charge on any atom is 0.257 e. The molecule has 3 rings (SSSR count). The molecule has 1 aromatic carbocycles. The molecule has 6 nitrogen and oxygen atoms in total. The van der Waals surface area contributed by atoms with Crippen LogP contribution in [0, 0.1) is 0 Å². The average molecular weight is 359 g/mol. The van der Waals surface area contributed by atoms with Crippen molar-refractivity contribution in [1.82, 2.24) is 14.7 Å². The number of hydrogen-bond donors (Lipinski definition) is 0. The van der Waals surface area contributed by atoms with Crippen molar-refractivity contribution in [2.24, 2.45) is 0 Å². The van der Waals surface area contributed by atoms with Crippen LogP contribution in [0.2, 0.25) is 0 Å². The Balaban J connectivity index is 1.84. The topological polar surface area (TPSA) is 53.1 Å². The van der Waals surface area contributed by atoms with E-state index in [0.29, 0.717) is 38.8 Å². The highest BCUT2D eigenvalue weighted by Crippen LogP contribution is 2.41. The number of hydrogen-bond acceptors (Lipinski definition) is 4. The van der Waals surface area contributed by atoms with E-state index in [9.17, 15) is 9.59 Å². The van der Waals surface area contributed by atoms with Gasteiger partial charge in [-0.05, 0) is 26.5 Å². The number of amides is 2. The molecule has 0 N–H and O–H groups in total. The van der Waals surface area contributed by atoms with Gasteiger partial charge in [0.25, 0.3) is 5.91 Å². The van der Waals surface area contributed by atoms with E-state index in [1.807, 2.05) is 49.3 Å². The SMILES string of the molecule is CC(C)N(C)CC(=O)N1CCOC2(C1)C(=O)N(C)CC2c1ccccc1. The third kappa shape index (κ3) is 3.35. The number of rotatable bonds is 4. The maximum absolute atomic E-state index is 13.0. The Morgan fingerprint density at radius 2 is 2.04 bits per heavy atom. The van der Waals surface area contributed by atoms with E-state index >= 15 is 0 Å². The quantitative estimate of drug-likeness (QED) is 0.810. The summed E-state index contributed by atoms with van der Waals surface area (Å²) >= 11 is 0. The second-order valence-electron chi connectivity index (χ2n) is 7.71. The van der Waals surface area contributed by atoms with Crippen molar-refractivity contribution < 1.29 is 14.3 Å². The van der Waals surface area contributed by atoms with Crippen LogP contribution >= 0.6 is 0 Å². The van der Waals surface area contributed by atoms with Crippen molar-refractivity contribution in [2.75, 3.05) is 46.9 Å². The first-order valence-electron chi connectivity index (χ1n) is 9.27. The van der Waals surface area contributed by atoms with Gasteiger partial charge in [0.1, 0.15) is 0 Å². The standard InChI is InChI=1S/C20H29N3O3/c1-15(2)21(3)13-18(24)23-10-11-26-20(14-23)17(12-22(4)19(20)25)16-8-6-5-7-9-16/h5-9,15,17H,10-14H2,1-4H3. The van der Waals surface area contributed by atoms with Crippen LogP contribution in [-0.4, -0.2) is 85.0 Å². The number of benzene rings is 1. The fourth-order valence-corrected chi connectivity index (χ4v) is 3.83. The number of ether oxygens (including phenoxy) is 1. The van der Waals surface area contributed by atoms with Gasteiger partial charge in [0.2, 0.25) is 5.91 Å². The van der Waals surface area contributed by atoms with Gasteiger partial charge in [-0.2, -0.15) is 0 Å². The molecule has 0 aliphatic carbocycles. The van der Waals surface area contributed by atoms with Gasteiger partial charge < -0.3 is 14.5 Å². The van der Waals surface area contributed by atoms with Gasteiger partial charge in [-0.15, -0.1) is 0 Å². The molecule has 2 atom stereocenters. The van der Waals surface area contributed by atoms with E-state index < -0.39 is 5.60 Å². The molecule has 26 heavy (non-hydrogen) atoms. The van der Waals surface area contributed by atoms with Crippen molar-refractivity contribution >= 4 is 11.8 Å². The number of morpholine rings is 1. The van der Waals surface area contributed by atoms with Gasteiger partial charge >= 0.3 is 0 Å². The third-order valence-electron chi connectivity index (χ3n) is 5.70. The summed E-state index contributed by atoms with van der Waals surface area (Å²) in [6.07, 6.45) is 0. The third-order valence-corrected chi connectivity index (χ3v) is 5.70. The number of carbonyl (C=O) groups is 2. The summed E-state index contributed by atoms with van der Waals surface area (Å²) in [5, 5.41) is 0. The van der Waals surface area contributed by atoms with E-state index in [-0.39, 0.29) is 17.7 Å². The first-order valence-corrected chi connectivity index (χ1v) is 9.27. The van der Waals surface area contributed by atoms with Gasteiger partial charge in [-0.1, -0.05) is 30.3 Å². The molecular formula is C20H29N3O3. The van der Waals surface area contributed by atoms with Gasteiger partial charge in [0.05, 0.1) is 19.7 Å². The molecule has 2 saturated heterocycles.